The molecule has 0 unspecified atom stereocenters. The summed E-state index contributed by atoms with van der Waals surface area (Å²) in [6.45, 7) is 0. The van der Waals surface area contributed by atoms with Crippen LogP contribution in [-0.4, -0.2) is 4.92 Å². The van der Waals surface area contributed by atoms with Crippen LogP contribution in [0.25, 0.3) is 6.08 Å². The van der Waals surface area contributed by atoms with Crippen molar-refractivity contribution in [1.29, 1.82) is 0 Å². The third-order valence-electron chi connectivity index (χ3n) is 3.09. The van der Waals surface area contributed by atoms with Gasteiger partial charge in [0, 0.05) is 12.1 Å². The number of hydrogen-bond acceptors (Lipinski definition) is 2. The normalized spacial score (nSPS) is 10.8. The first kappa shape index (κ1) is 14.0. The minimum Gasteiger partial charge on any atom is -0.258 e. The van der Waals surface area contributed by atoms with Crippen molar-refractivity contribution in [2.75, 3.05) is 0 Å². The van der Waals surface area contributed by atoms with Crippen LogP contribution in [0, 0.1) is 10.1 Å². The van der Waals surface area contributed by atoms with Crippen LogP contribution in [0.4, 0.5) is 5.69 Å². The molecule has 0 fully saturated rings. The van der Waals surface area contributed by atoms with Crippen molar-refractivity contribution in [2.45, 2.75) is 19.3 Å². The molecule has 0 spiro atoms. The van der Waals surface area contributed by atoms with Crippen LogP contribution in [0.5, 0.6) is 0 Å². The Hall–Kier alpha value is -2.42. The third kappa shape index (κ3) is 4.35. The third-order valence-corrected chi connectivity index (χ3v) is 3.09. The fourth-order valence-corrected chi connectivity index (χ4v) is 1.99. The number of allylic oxidation sites excluding steroid dienone is 1. The summed E-state index contributed by atoms with van der Waals surface area (Å²) in [5.74, 6) is 0. The van der Waals surface area contributed by atoms with Gasteiger partial charge in [-0.1, -0.05) is 54.6 Å². The quantitative estimate of drug-likeness (QED) is 0.435. The Morgan fingerprint density at radius 1 is 1.00 bits per heavy atom. The van der Waals surface area contributed by atoms with E-state index in [2.05, 4.69) is 24.3 Å². The molecule has 0 bridgehead atoms. The zero-order chi connectivity index (χ0) is 14.2. The lowest BCUT2D eigenvalue weighted by molar-refractivity contribution is -0.384. The molecule has 0 N–H and O–H groups in total. The zero-order valence-corrected chi connectivity index (χ0v) is 11.2. The molecule has 0 atom stereocenters. The lowest BCUT2D eigenvalue weighted by Crippen LogP contribution is -1.89. The average Bonchev–Trinajstić information content (AvgIpc) is 2.48. The molecule has 102 valence electrons. The Morgan fingerprint density at radius 3 is 2.35 bits per heavy atom. The Morgan fingerprint density at radius 2 is 1.70 bits per heavy atom. The van der Waals surface area contributed by atoms with Crippen LogP contribution in [0.3, 0.4) is 0 Å². The smallest absolute Gasteiger partial charge is 0.258 e. The van der Waals surface area contributed by atoms with Crippen LogP contribution in [0.15, 0.2) is 60.7 Å². The number of aryl methyl sites for hydroxylation is 1. The van der Waals surface area contributed by atoms with Gasteiger partial charge in [-0.15, -0.1) is 0 Å². The van der Waals surface area contributed by atoms with Gasteiger partial charge in [0.05, 0.1) is 4.92 Å². The molecule has 0 saturated heterocycles. The highest BCUT2D eigenvalue weighted by Crippen LogP contribution is 2.14. The number of rotatable bonds is 6. The van der Waals surface area contributed by atoms with Gasteiger partial charge in [0.2, 0.25) is 0 Å². The number of benzene rings is 2. The summed E-state index contributed by atoms with van der Waals surface area (Å²) >= 11 is 0. The molecule has 0 aromatic heterocycles. The summed E-state index contributed by atoms with van der Waals surface area (Å²) in [6.07, 6.45) is 7.28. The summed E-state index contributed by atoms with van der Waals surface area (Å²) in [7, 11) is 0. The van der Waals surface area contributed by atoms with Gasteiger partial charge >= 0.3 is 0 Å². The monoisotopic (exact) mass is 267 g/mol. The molecule has 0 aliphatic rings. The van der Waals surface area contributed by atoms with Crippen molar-refractivity contribution < 1.29 is 4.92 Å². The molecule has 0 amide bonds. The molecular weight excluding hydrogens is 250 g/mol. The second-order valence-corrected chi connectivity index (χ2v) is 4.63. The number of nitro groups is 1. The van der Waals surface area contributed by atoms with E-state index >= 15 is 0 Å². The van der Waals surface area contributed by atoms with E-state index in [1.54, 1.807) is 12.1 Å². The van der Waals surface area contributed by atoms with Crippen molar-refractivity contribution >= 4 is 11.8 Å². The number of nitrogens with zero attached hydrogens (tertiary/aromatic N) is 1. The highest BCUT2D eigenvalue weighted by Gasteiger charge is 2.03. The Kier molecular flexibility index (Phi) is 5.07. The van der Waals surface area contributed by atoms with E-state index in [9.17, 15) is 10.1 Å². The van der Waals surface area contributed by atoms with Gasteiger partial charge < -0.3 is 0 Å². The first-order valence-corrected chi connectivity index (χ1v) is 6.70. The lowest BCUT2D eigenvalue weighted by atomic mass is 10.1. The predicted octanol–water partition coefficient (Wildman–Crippen LogP) is 4.63. The number of nitro benzene ring substituents is 1. The van der Waals surface area contributed by atoms with E-state index in [0.29, 0.717) is 0 Å². The van der Waals surface area contributed by atoms with Crippen LogP contribution in [0.1, 0.15) is 24.0 Å². The van der Waals surface area contributed by atoms with E-state index < -0.39 is 0 Å². The fraction of sp³-hybridized carbons (Fsp3) is 0.176. The molecule has 0 aliphatic carbocycles. The number of unbranched alkanes of at least 4 members (excludes halogenated alkanes) is 1. The number of hydrogen-bond donors (Lipinski definition) is 0. The van der Waals surface area contributed by atoms with Gasteiger partial charge in [-0.3, -0.25) is 10.1 Å². The van der Waals surface area contributed by atoms with Crippen molar-refractivity contribution in [1.82, 2.24) is 0 Å². The summed E-state index contributed by atoms with van der Waals surface area (Å²) in [6, 6.07) is 17.0. The SMILES string of the molecule is O=[N+]([O-])c1ccc(CCCC=Cc2ccccc2)cc1. The lowest BCUT2D eigenvalue weighted by Gasteiger charge is -1.99. The highest BCUT2D eigenvalue weighted by molar-refractivity contribution is 5.48. The average molecular weight is 267 g/mol. The van der Waals surface area contributed by atoms with Crippen LogP contribution < -0.4 is 0 Å². The van der Waals surface area contributed by atoms with Crippen molar-refractivity contribution in [2.24, 2.45) is 0 Å². The molecule has 0 heterocycles. The van der Waals surface area contributed by atoms with Gasteiger partial charge in [0.1, 0.15) is 0 Å². The second-order valence-electron chi connectivity index (χ2n) is 4.63. The van der Waals surface area contributed by atoms with E-state index in [1.165, 1.54) is 5.56 Å². The summed E-state index contributed by atoms with van der Waals surface area (Å²) in [5, 5.41) is 10.5. The Balaban J connectivity index is 1.76. The maximum Gasteiger partial charge on any atom is 0.269 e. The van der Waals surface area contributed by atoms with Crippen LogP contribution in [0.2, 0.25) is 0 Å². The molecule has 2 aromatic carbocycles. The highest BCUT2D eigenvalue weighted by atomic mass is 16.6. The number of non-ortho nitro benzene ring substituents is 1. The zero-order valence-electron chi connectivity index (χ0n) is 11.2. The second kappa shape index (κ2) is 7.24. The van der Waals surface area contributed by atoms with Gasteiger partial charge in [0.25, 0.3) is 5.69 Å². The van der Waals surface area contributed by atoms with Crippen molar-refractivity contribution in [3.8, 4) is 0 Å². The molecular formula is C17H17NO2. The van der Waals surface area contributed by atoms with Crippen molar-refractivity contribution in [3.05, 3.63) is 81.9 Å². The fourth-order valence-electron chi connectivity index (χ4n) is 1.99. The molecule has 0 radical (unpaired) electrons. The van der Waals surface area contributed by atoms with Crippen molar-refractivity contribution in [3.63, 3.8) is 0 Å². The summed E-state index contributed by atoms with van der Waals surface area (Å²) in [5.41, 5.74) is 2.50. The molecule has 2 aromatic rings. The topological polar surface area (TPSA) is 43.1 Å². The van der Waals surface area contributed by atoms with E-state index in [0.717, 1.165) is 24.8 Å². The largest absolute Gasteiger partial charge is 0.269 e. The van der Waals surface area contributed by atoms with Crippen LogP contribution in [-0.2, 0) is 6.42 Å². The summed E-state index contributed by atoms with van der Waals surface area (Å²) < 4.78 is 0. The van der Waals surface area contributed by atoms with Crippen LogP contribution >= 0.6 is 0 Å². The first-order chi connectivity index (χ1) is 9.75. The molecule has 2 rings (SSSR count). The van der Waals surface area contributed by atoms with Gasteiger partial charge in [-0.2, -0.15) is 0 Å². The van der Waals surface area contributed by atoms with Gasteiger partial charge in [0.15, 0.2) is 0 Å². The first-order valence-electron chi connectivity index (χ1n) is 6.70. The minimum atomic E-state index is -0.369. The predicted molar refractivity (Wildman–Crippen MR) is 81.5 cm³/mol. The van der Waals surface area contributed by atoms with E-state index in [1.807, 2.05) is 30.3 Å². The summed E-state index contributed by atoms with van der Waals surface area (Å²) in [4.78, 5) is 10.2. The molecule has 3 nitrogen and oxygen atoms in total. The maximum absolute atomic E-state index is 10.5. The molecule has 0 aliphatic heterocycles. The Bertz CT molecular complexity index is 574. The Labute approximate surface area is 118 Å². The minimum absolute atomic E-state index is 0.151. The molecule has 0 saturated carbocycles. The van der Waals surface area contributed by atoms with E-state index in [4.69, 9.17) is 0 Å². The maximum atomic E-state index is 10.5. The molecule has 3 heteroatoms. The van der Waals surface area contributed by atoms with E-state index in [-0.39, 0.29) is 10.6 Å². The van der Waals surface area contributed by atoms with Gasteiger partial charge in [-0.25, -0.2) is 0 Å². The molecule has 20 heavy (non-hydrogen) atoms. The standard InChI is InChI=1S/C17H17NO2/c19-18(20)17-13-11-16(12-14-17)10-6-2-5-9-15-7-3-1-4-8-15/h1,3-5,7-9,11-14H,2,6,10H2. The van der Waals surface area contributed by atoms with Gasteiger partial charge in [-0.05, 0) is 30.4 Å².